The zero-order valence-corrected chi connectivity index (χ0v) is 9.81. The Morgan fingerprint density at radius 2 is 1.94 bits per heavy atom. The second-order valence-corrected chi connectivity index (χ2v) is 4.47. The fourth-order valence-corrected chi connectivity index (χ4v) is 2.10. The van der Waals surface area contributed by atoms with E-state index in [0.717, 1.165) is 19.6 Å². The van der Waals surface area contributed by atoms with Gasteiger partial charge in [0.15, 0.2) is 0 Å². The van der Waals surface area contributed by atoms with E-state index in [-0.39, 0.29) is 6.04 Å². The molecule has 1 amide bonds. The van der Waals surface area contributed by atoms with Crippen LogP contribution >= 0.6 is 0 Å². The van der Waals surface area contributed by atoms with Gasteiger partial charge < -0.3 is 9.80 Å². The van der Waals surface area contributed by atoms with Crippen LogP contribution in [-0.4, -0.2) is 42.9 Å². The molecule has 0 aromatic heterocycles. The van der Waals surface area contributed by atoms with Crippen molar-refractivity contribution >= 4 is 6.41 Å². The third-order valence-electron chi connectivity index (χ3n) is 3.16. The van der Waals surface area contributed by atoms with Crippen LogP contribution in [0.5, 0.6) is 0 Å². The molecule has 0 bridgehead atoms. The quantitative estimate of drug-likeness (QED) is 0.746. The maximum atomic E-state index is 10.9. The van der Waals surface area contributed by atoms with Gasteiger partial charge in [0, 0.05) is 19.6 Å². The second-order valence-electron chi connectivity index (χ2n) is 4.47. The van der Waals surface area contributed by atoms with Crippen molar-refractivity contribution in [3.8, 4) is 0 Å². The molecule has 1 aliphatic heterocycles. The number of amides is 1. The summed E-state index contributed by atoms with van der Waals surface area (Å²) in [5, 5.41) is 0. The van der Waals surface area contributed by atoms with Crippen molar-refractivity contribution in [2.75, 3.05) is 26.7 Å². The molecule has 1 aromatic rings. The van der Waals surface area contributed by atoms with Gasteiger partial charge in [0.05, 0.1) is 6.04 Å². The topological polar surface area (TPSA) is 23.6 Å². The number of hydrogen-bond acceptors (Lipinski definition) is 2. The van der Waals surface area contributed by atoms with Gasteiger partial charge >= 0.3 is 6.41 Å². The lowest BCUT2D eigenvalue weighted by atomic mass is 10.0. The highest BCUT2D eigenvalue weighted by Crippen LogP contribution is 2.23. The first-order valence-corrected chi connectivity index (χ1v) is 5.60. The number of hydrogen-bond donors (Lipinski definition) is 0. The molecule has 3 nitrogen and oxygen atoms in total. The highest BCUT2D eigenvalue weighted by atomic mass is 16.1. The highest BCUT2D eigenvalue weighted by Gasteiger charge is 2.25. The lowest BCUT2D eigenvalue weighted by molar-refractivity contribution is 0.147. The van der Waals surface area contributed by atoms with Gasteiger partial charge in [-0.15, -0.1) is 0 Å². The Morgan fingerprint density at radius 1 is 1.25 bits per heavy atom. The Hall–Kier alpha value is -1.35. The molecule has 85 valence electrons. The van der Waals surface area contributed by atoms with Gasteiger partial charge in [0.1, 0.15) is 0 Å². The Morgan fingerprint density at radius 3 is 2.56 bits per heavy atom. The molecule has 2 rings (SSSR count). The number of nitrogens with zero attached hydrogens (tertiary/aromatic N) is 2. The lowest BCUT2D eigenvalue weighted by Crippen LogP contribution is -2.46. The summed E-state index contributed by atoms with van der Waals surface area (Å²) >= 11 is 0. The summed E-state index contributed by atoms with van der Waals surface area (Å²) in [4.78, 5) is 14.9. The maximum absolute atomic E-state index is 10.9. The van der Waals surface area contributed by atoms with E-state index in [1.54, 1.807) is 4.90 Å². The van der Waals surface area contributed by atoms with E-state index in [1.165, 1.54) is 11.1 Å². The zero-order chi connectivity index (χ0) is 11.5. The lowest BCUT2D eigenvalue weighted by Gasteiger charge is -2.37. The third-order valence-corrected chi connectivity index (χ3v) is 3.16. The molecular formula is C13H17N2O. The fraction of sp³-hybridized carbons (Fsp3) is 0.462. The van der Waals surface area contributed by atoms with Gasteiger partial charge in [-0.2, -0.15) is 0 Å². The van der Waals surface area contributed by atoms with Crippen LogP contribution in [0.15, 0.2) is 24.3 Å². The van der Waals surface area contributed by atoms with Gasteiger partial charge in [-0.25, -0.2) is 0 Å². The predicted molar refractivity (Wildman–Crippen MR) is 63.8 cm³/mol. The first-order chi connectivity index (χ1) is 7.70. The Balaban J connectivity index is 2.22. The molecule has 1 fully saturated rings. The van der Waals surface area contributed by atoms with Gasteiger partial charge in [0.2, 0.25) is 0 Å². The summed E-state index contributed by atoms with van der Waals surface area (Å²) in [5.74, 6) is 0. The summed E-state index contributed by atoms with van der Waals surface area (Å²) in [7, 11) is 2.09. The van der Waals surface area contributed by atoms with E-state index < -0.39 is 0 Å². The van der Waals surface area contributed by atoms with Crippen LogP contribution in [0.3, 0.4) is 0 Å². The van der Waals surface area contributed by atoms with E-state index >= 15 is 0 Å². The van der Waals surface area contributed by atoms with Crippen LogP contribution in [0.1, 0.15) is 17.2 Å². The van der Waals surface area contributed by atoms with Gasteiger partial charge in [-0.3, -0.25) is 4.79 Å². The molecule has 1 saturated heterocycles. The Labute approximate surface area is 96.7 Å². The minimum Gasteiger partial charge on any atom is -0.325 e. The van der Waals surface area contributed by atoms with Gasteiger partial charge in [0.25, 0.3) is 0 Å². The molecule has 0 saturated carbocycles. The van der Waals surface area contributed by atoms with Crippen LogP contribution in [0, 0.1) is 6.92 Å². The number of aryl methyl sites for hydroxylation is 1. The summed E-state index contributed by atoms with van der Waals surface area (Å²) in [5.41, 5.74) is 2.44. The van der Waals surface area contributed by atoms with Crippen molar-refractivity contribution in [2.24, 2.45) is 0 Å². The molecular weight excluding hydrogens is 200 g/mol. The van der Waals surface area contributed by atoms with E-state index in [2.05, 4.69) is 43.1 Å². The molecule has 1 atom stereocenters. The van der Waals surface area contributed by atoms with Crippen LogP contribution in [0.4, 0.5) is 0 Å². The first-order valence-electron chi connectivity index (χ1n) is 5.60. The first kappa shape index (κ1) is 11.1. The maximum Gasteiger partial charge on any atom is 0.312 e. The SMILES string of the molecule is Cc1ccc(C2CN(C)CCN2[C]=O)cc1. The van der Waals surface area contributed by atoms with E-state index in [4.69, 9.17) is 0 Å². The van der Waals surface area contributed by atoms with Crippen molar-refractivity contribution in [2.45, 2.75) is 13.0 Å². The Kier molecular flexibility index (Phi) is 3.25. The molecule has 1 aliphatic rings. The highest BCUT2D eigenvalue weighted by molar-refractivity contribution is 5.50. The number of rotatable bonds is 2. The molecule has 0 aliphatic carbocycles. The fourth-order valence-electron chi connectivity index (χ4n) is 2.10. The number of carbonyl (C=O) groups excluding carboxylic acids is 1. The van der Waals surface area contributed by atoms with Crippen LogP contribution in [0.25, 0.3) is 0 Å². The summed E-state index contributed by atoms with van der Waals surface area (Å²) < 4.78 is 0. The smallest absolute Gasteiger partial charge is 0.312 e. The third kappa shape index (κ3) is 2.25. The Bertz CT molecular complexity index is 361. The minimum absolute atomic E-state index is 0.150. The molecule has 0 spiro atoms. The van der Waals surface area contributed by atoms with E-state index in [9.17, 15) is 4.79 Å². The predicted octanol–water partition coefficient (Wildman–Crippen LogP) is 1.35. The standard InChI is InChI=1S/C13H17N2O/c1-11-3-5-12(6-4-11)13-9-14(2)7-8-15(13)10-16/h3-6,13H,7-9H2,1-2H3. The number of likely N-dealkylation sites (N-methyl/N-ethyl adjacent to an activating group) is 1. The molecule has 1 unspecified atom stereocenters. The number of benzene rings is 1. The average molecular weight is 217 g/mol. The van der Waals surface area contributed by atoms with Crippen molar-refractivity contribution < 1.29 is 4.79 Å². The molecule has 3 heteroatoms. The zero-order valence-electron chi connectivity index (χ0n) is 9.81. The van der Waals surface area contributed by atoms with Crippen molar-refractivity contribution in [1.29, 1.82) is 0 Å². The second kappa shape index (κ2) is 4.66. The van der Waals surface area contributed by atoms with E-state index in [1.807, 2.05) is 6.41 Å². The average Bonchev–Trinajstić information content (AvgIpc) is 2.30. The van der Waals surface area contributed by atoms with Gasteiger partial charge in [-0.1, -0.05) is 29.8 Å². The molecule has 1 heterocycles. The number of piperazine rings is 1. The largest absolute Gasteiger partial charge is 0.325 e. The van der Waals surface area contributed by atoms with Crippen molar-refractivity contribution in [1.82, 2.24) is 9.80 Å². The minimum atomic E-state index is 0.150. The molecule has 1 aromatic carbocycles. The monoisotopic (exact) mass is 217 g/mol. The molecule has 1 radical (unpaired) electrons. The normalized spacial score (nSPS) is 22.1. The van der Waals surface area contributed by atoms with Crippen LogP contribution in [0.2, 0.25) is 0 Å². The van der Waals surface area contributed by atoms with Crippen LogP contribution in [-0.2, 0) is 4.79 Å². The van der Waals surface area contributed by atoms with E-state index in [0.29, 0.717) is 0 Å². The summed E-state index contributed by atoms with van der Waals surface area (Å²) in [6.07, 6.45) is 2.04. The van der Waals surface area contributed by atoms with Crippen molar-refractivity contribution in [3.63, 3.8) is 0 Å². The van der Waals surface area contributed by atoms with Gasteiger partial charge in [-0.05, 0) is 19.5 Å². The molecule has 0 N–H and O–H groups in total. The summed E-state index contributed by atoms with van der Waals surface area (Å²) in [6.45, 7) is 4.65. The summed E-state index contributed by atoms with van der Waals surface area (Å²) in [6, 6.07) is 8.53. The molecule has 16 heavy (non-hydrogen) atoms. The van der Waals surface area contributed by atoms with Crippen LogP contribution < -0.4 is 0 Å². The van der Waals surface area contributed by atoms with Crippen molar-refractivity contribution in [3.05, 3.63) is 35.4 Å².